The average molecular weight is 291 g/mol. The average Bonchev–Trinajstić information content (AvgIpc) is 2.40. The van der Waals surface area contributed by atoms with Crippen LogP contribution in [0.2, 0.25) is 0 Å². The minimum Gasteiger partial charge on any atom is -0.480 e. The molecular formula is C17H25NO3. The zero-order valence-electron chi connectivity index (χ0n) is 13.1. The minimum absolute atomic E-state index is 0.180. The predicted octanol–water partition coefficient (Wildman–Crippen LogP) is 3.00. The first-order valence-corrected chi connectivity index (χ1v) is 7.52. The molecule has 0 spiro atoms. The third-order valence-corrected chi connectivity index (χ3v) is 3.56. The third-order valence-electron chi connectivity index (χ3n) is 3.56. The maximum Gasteiger partial charge on any atom is 0.326 e. The molecule has 0 heterocycles. The summed E-state index contributed by atoms with van der Waals surface area (Å²) in [7, 11) is 0. The van der Waals surface area contributed by atoms with Crippen molar-refractivity contribution in [2.24, 2.45) is 0 Å². The maximum absolute atomic E-state index is 11.8. The summed E-state index contributed by atoms with van der Waals surface area (Å²) in [5, 5.41) is 11.6. The van der Waals surface area contributed by atoms with Gasteiger partial charge in [0.2, 0.25) is 5.91 Å². The van der Waals surface area contributed by atoms with Crippen LogP contribution in [-0.2, 0) is 16.0 Å². The summed E-state index contributed by atoms with van der Waals surface area (Å²) in [5.41, 5.74) is 3.72. The first-order chi connectivity index (χ1) is 9.93. The third kappa shape index (κ3) is 5.98. The summed E-state index contributed by atoms with van der Waals surface area (Å²) in [5.74, 6) is -1.14. The Morgan fingerprint density at radius 2 is 2.00 bits per heavy atom. The zero-order chi connectivity index (χ0) is 15.8. The van der Waals surface area contributed by atoms with E-state index in [0.29, 0.717) is 12.8 Å². The van der Waals surface area contributed by atoms with E-state index in [2.05, 4.69) is 37.4 Å². The van der Waals surface area contributed by atoms with E-state index in [1.54, 1.807) is 0 Å². The molecule has 21 heavy (non-hydrogen) atoms. The number of carbonyl (C=O) groups excluding carboxylic acids is 1. The Bertz CT molecular complexity index is 497. The number of hydrogen-bond acceptors (Lipinski definition) is 2. The fourth-order valence-corrected chi connectivity index (χ4v) is 2.38. The van der Waals surface area contributed by atoms with Gasteiger partial charge in [-0.3, -0.25) is 4.79 Å². The van der Waals surface area contributed by atoms with Crippen LogP contribution in [0, 0.1) is 13.8 Å². The number of aryl methyl sites for hydroxylation is 3. The molecule has 0 radical (unpaired) electrons. The molecule has 0 aliphatic carbocycles. The Hall–Kier alpha value is -1.84. The summed E-state index contributed by atoms with van der Waals surface area (Å²) < 4.78 is 0. The summed E-state index contributed by atoms with van der Waals surface area (Å²) in [4.78, 5) is 22.8. The molecule has 1 aromatic carbocycles. The SMILES string of the molecule is CCCC(NC(=O)CCCc1ccc(C)cc1C)C(=O)O. The van der Waals surface area contributed by atoms with Crippen molar-refractivity contribution in [3.63, 3.8) is 0 Å². The molecule has 1 aromatic rings. The Balaban J connectivity index is 2.41. The molecule has 4 heteroatoms. The van der Waals surface area contributed by atoms with Gasteiger partial charge in [-0.15, -0.1) is 0 Å². The molecule has 0 fully saturated rings. The normalized spacial score (nSPS) is 12.0. The highest BCUT2D eigenvalue weighted by atomic mass is 16.4. The van der Waals surface area contributed by atoms with E-state index in [4.69, 9.17) is 5.11 Å². The van der Waals surface area contributed by atoms with Crippen molar-refractivity contribution in [2.45, 2.75) is 58.9 Å². The largest absolute Gasteiger partial charge is 0.480 e. The van der Waals surface area contributed by atoms with Crippen molar-refractivity contribution in [2.75, 3.05) is 0 Å². The van der Waals surface area contributed by atoms with Crippen LogP contribution in [0.25, 0.3) is 0 Å². The van der Waals surface area contributed by atoms with Crippen LogP contribution in [0.5, 0.6) is 0 Å². The molecule has 116 valence electrons. The van der Waals surface area contributed by atoms with Crippen molar-refractivity contribution in [3.05, 3.63) is 34.9 Å². The molecule has 1 rings (SSSR count). The van der Waals surface area contributed by atoms with E-state index in [1.807, 2.05) is 6.92 Å². The van der Waals surface area contributed by atoms with E-state index in [1.165, 1.54) is 16.7 Å². The summed E-state index contributed by atoms with van der Waals surface area (Å²) >= 11 is 0. The van der Waals surface area contributed by atoms with Gasteiger partial charge in [-0.25, -0.2) is 4.79 Å². The Kier molecular flexibility index (Phi) is 6.92. The molecule has 0 saturated carbocycles. The van der Waals surface area contributed by atoms with Crippen molar-refractivity contribution in [1.29, 1.82) is 0 Å². The molecule has 4 nitrogen and oxygen atoms in total. The molecule has 0 saturated heterocycles. The van der Waals surface area contributed by atoms with Crippen LogP contribution < -0.4 is 5.32 Å². The fraction of sp³-hybridized carbons (Fsp3) is 0.529. The van der Waals surface area contributed by atoms with Crippen molar-refractivity contribution in [1.82, 2.24) is 5.32 Å². The number of carbonyl (C=O) groups is 2. The van der Waals surface area contributed by atoms with Crippen LogP contribution in [-0.4, -0.2) is 23.0 Å². The minimum atomic E-state index is -0.959. The highest BCUT2D eigenvalue weighted by Gasteiger charge is 2.18. The van der Waals surface area contributed by atoms with Gasteiger partial charge in [0.1, 0.15) is 6.04 Å². The van der Waals surface area contributed by atoms with E-state index in [-0.39, 0.29) is 5.91 Å². The second kappa shape index (κ2) is 8.45. The molecule has 0 aromatic heterocycles. The Morgan fingerprint density at radius 3 is 2.57 bits per heavy atom. The Labute approximate surface area is 126 Å². The monoisotopic (exact) mass is 291 g/mol. The number of hydrogen-bond donors (Lipinski definition) is 2. The van der Waals surface area contributed by atoms with Gasteiger partial charge in [-0.05, 0) is 44.2 Å². The maximum atomic E-state index is 11.8. The molecule has 1 atom stereocenters. The highest BCUT2D eigenvalue weighted by molar-refractivity contribution is 5.83. The number of rotatable bonds is 8. The van der Waals surface area contributed by atoms with Crippen molar-refractivity contribution < 1.29 is 14.7 Å². The summed E-state index contributed by atoms with van der Waals surface area (Å²) in [6, 6.07) is 5.55. The number of benzene rings is 1. The number of carboxylic acid groups (broad SMARTS) is 1. The second-order valence-electron chi connectivity index (χ2n) is 5.53. The quantitative estimate of drug-likeness (QED) is 0.773. The van der Waals surface area contributed by atoms with Gasteiger partial charge >= 0.3 is 5.97 Å². The van der Waals surface area contributed by atoms with E-state index in [0.717, 1.165) is 19.3 Å². The van der Waals surface area contributed by atoms with Crippen molar-refractivity contribution in [3.8, 4) is 0 Å². The Morgan fingerprint density at radius 1 is 1.29 bits per heavy atom. The van der Waals surface area contributed by atoms with Gasteiger partial charge in [0, 0.05) is 6.42 Å². The van der Waals surface area contributed by atoms with E-state index >= 15 is 0 Å². The van der Waals surface area contributed by atoms with Gasteiger partial charge in [-0.2, -0.15) is 0 Å². The van der Waals surface area contributed by atoms with Crippen LogP contribution >= 0.6 is 0 Å². The lowest BCUT2D eigenvalue weighted by atomic mass is 10.0. The molecule has 0 bridgehead atoms. The summed E-state index contributed by atoms with van der Waals surface area (Å²) in [6.45, 7) is 6.04. The van der Waals surface area contributed by atoms with E-state index < -0.39 is 12.0 Å². The van der Waals surface area contributed by atoms with Crippen LogP contribution in [0.1, 0.15) is 49.3 Å². The van der Waals surface area contributed by atoms with E-state index in [9.17, 15) is 9.59 Å². The first kappa shape index (κ1) is 17.2. The first-order valence-electron chi connectivity index (χ1n) is 7.52. The fourth-order valence-electron chi connectivity index (χ4n) is 2.38. The lowest BCUT2D eigenvalue weighted by Crippen LogP contribution is -2.40. The summed E-state index contributed by atoms with van der Waals surface area (Å²) in [6.07, 6.45) is 3.14. The standard InChI is InChI=1S/C17H25NO3/c1-4-6-15(17(20)21)18-16(19)8-5-7-14-10-9-12(2)11-13(14)3/h9-11,15H,4-8H2,1-3H3,(H,18,19)(H,20,21). The van der Waals surface area contributed by atoms with Gasteiger partial charge in [0.05, 0.1) is 0 Å². The number of nitrogens with one attached hydrogen (secondary N) is 1. The van der Waals surface area contributed by atoms with Crippen LogP contribution in [0.3, 0.4) is 0 Å². The molecule has 1 amide bonds. The second-order valence-corrected chi connectivity index (χ2v) is 5.53. The topological polar surface area (TPSA) is 66.4 Å². The van der Waals surface area contributed by atoms with Gasteiger partial charge < -0.3 is 10.4 Å². The number of aliphatic carboxylic acids is 1. The van der Waals surface area contributed by atoms with Crippen molar-refractivity contribution >= 4 is 11.9 Å². The molecule has 2 N–H and O–H groups in total. The van der Waals surface area contributed by atoms with Gasteiger partial charge in [0.25, 0.3) is 0 Å². The smallest absolute Gasteiger partial charge is 0.326 e. The lowest BCUT2D eigenvalue weighted by Gasteiger charge is -2.13. The highest BCUT2D eigenvalue weighted by Crippen LogP contribution is 2.13. The van der Waals surface area contributed by atoms with Crippen LogP contribution in [0.15, 0.2) is 18.2 Å². The number of carboxylic acids is 1. The zero-order valence-corrected chi connectivity index (χ0v) is 13.1. The molecule has 0 aliphatic heterocycles. The predicted molar refractivity (Wildman–Crippen MR) is 83.3 cm³/mol. The number of amides is 1. The van der Waals surface area contributed by atoms with Gasteiger partial charge in [-0.1, -0.05) is 37.1 Å². The molecule has 1 unspecified atom stereocenters. The van der Waals surface area contributed by atoms with Crippen LogP contribution in [0.4, 0.5) is 0 Å². The molecule has 0 aliphatic rings. The van der Waals surface area contributed by atoms with Gasteiger partial charge in [0.15, 0.2) is 0 Å². The lowest BCUT2D eigenvalue weighted by molar-refractivity contribution is -0.142. The molecular weight excluding hydrogens is 266 g/mol.